The molecule has 1 aromatic heterocycles. The Labute approximate surface area is 199 Å². The molecular formula is C26H32BrN3O2. The molecule has 32 heavy (non-hydrogen) atoms. The van der Waals surface area contributed by atoms with Crippen molar-refractivity contribution in [1.29, 1.82) is 0 Å². The number of nitrogens with zero attached hydrogens (tertiary/aromatic N) is 3. The number of likely N-dealkylation sites (N-methyl/N-ethyl adjacent to an activating group) is 1. The summed E-state index contributed by atoms with van der Waals surface area (Å²) in [7, 11) is 2.22. The van der Waals surface area contributed by atoms with Crippen molar-refractivity contribution in [2.45, 2.75) is 82.6 Å². The summed E-state index contributed by atoms with van der Waals surface area (Å²) >= 11 is 3.76. The number of pyridine rings is 1. The van der Waals surface area contributed by atoms with Crippen LogP contribution in [0.5, 0.6) is 0 Å². The van der Waals surface area contributed by atoms with Crippen LogP contribution in [0.15, 0.2) is 41.0 Å². The number of carbonyl (C=O) groups excluding carboxylic acids is 1. The molecule has 5 nitrogen and oxygen atoms in total. The predicted molar refractivity (Wildman–Crippen MR) is 128 cm³/mol. The van der Waals surface area contributed by atoms with Crippen LogP contribution in [0, 0.1) is 0 Å². The fraction of sp³-hybridized carbons (Fsp3) is 0.538. The second kappa shape index (κ2) is 7.84. The molecule has 2 unspecified atom stereocenters. The number of fused-ring (bicyclic) bond motifs is 2. The Balaban J connectivity index is 1.48. The largest absolute Gasteiger partial charge is 0.444 e. The smallest absolute Gasteiger partial charge is 0.411 e. The molecule has 3 aliphatic rings. The minimum Gasteiger partial charge on any atom is -0.444 e. The Bertz CT molecular complexity index is 1050. The lowest BCUT2D eigenvalue weighted by Crippen LogP contribution is -2.52. The summed E-state index contributed by atoms with van der Waals surface area (Å²) in [6.45, 7) is 6.40. The lowest BCUT2D eigenvalue weighted by Gasteiger charge is -2.42. The van der Waals surface area contributed by atoms with Crippen LogP contribution in [0.25, 0.3) is 0 Å². The highest BCUT2D eigenvalue weighted by molar-refractivity contribution is 9.10. The SMILES string of the molecule is CN(C1CCCc2cccnc21)[C@@H]1CC12Cc1c(Br)cccc1CN2C(=O)OC(C)(C)C. The van der Waals surface area contributed by atoms with Gasteiger partial charge >= 0.3 is 6.09 Å². The van der Waals surface area contributed by atoms with Gasteiger partial charge in [0.05, 0.1) is 17.3 Å². The summed E-state index contributed by atoms with van der Waals surface area (Å²) in [5.41, 5.74) is 4.35. The number of aromatic nitrogens is 1. The zero-order chi connectivity index (χ0) is 22.7. The van der Waals surface area contributed by atoms with E-state index in [1.54, 1.807) is 0 Å². The average molecular weight is 498 g/mol. The molecule has 0 radical (unpaired) electrons. The molecule has 3 atom stereocenters. The topological polar surface area (TPSA) is 45.7 Å². The van der Waals surface area contributed by atoms with Crippen LogP contribution in [0.2, 0.25) is 0 Å². The second-order valence-electron chi connectivity index (χ2n) is 10.6. The first kappa shape index (κ1) is 21.9. The van der Waals surface area contributed by atoms with Crippen LogP contribution in [-0.2, 0) is 24.1 Å². The third kappa shape index (κ3) is 3.75. The number of aryl methyl sites for hydroxylation is 1. The Hall–Kier alpha value is -1.92. The first-order valence-corrected chi connectivity index (χ1v) is 12.4. The third-order valence-corrected chi connectivity index (χ3v) is 8.08. The van der Waals surface area contributed by atoms with Crippen molar-refractivity contribution in [3.8, 4) is 0 Å². The standard InChI is InChI=1S/C26H32BrN3O2/c1-25(2,3)32-24(31)30-16-18-9-5-11-20(27)19(18)14-26(30)15-22(26)29(4)21-12-6-8-17-10-7-13-28-23(17)21/h5,7,9-11,13,21-22H,6,8,12,14-16H2,1-4H3/t21?,22-,26?/m1/s1. The van der Waals surface area contributed by atoms with E-state index >= 15 is 0 Å². The first-order valence-electron chi connectivity index (χ1n) is 11.6. The van der Waals surface area contributed by atoms with E-state index in [2.05, 4.69) is 52.1 Å². The van der Waals surface area contributed by atoms with E-state index < -0.39 is 5.60 Å². The van der Waals surface area contributed by atoms with E-state index in [1.807, 2.05) is 37.9 Å². The molecule has 1 spiro atoms. The van der Waals surface area contributed by atoms with Gasteiger partial charge in [-0.3, -0.25) is 14.8 Å². The summed E-state index contributed by atoms with van der Waals surface area (Å²) in [6.07, 6.45) is 6.91. The molecule has 0 bridgehead atoms. The van der Waals surface area contributed by atoms with Gasteiger partial charge < -0.3 is 4.74 Å². The number of benzene rings is 1. The monoisotopic (exact) mass is 497 g/mol. The summed E-state index contributed by atoms with van der Waals surface area (Å²) < 4.78 is 7.01. The molecule has 170 valence electrons. The molecule has 1 aliphatic heterocycles. The summed E-state index contributed by atoms with van der Waals surface area (Å²) in [5, 5.41) is 0. The molecule has 6 heteroatoms. The fourth-order valence-electron chi connectivity index (χ4n) is 5.72. The van der Waals surface area contributed by atoms with Gasteiger partial charge in [0.15, 0.2) is 0 Å². The second-order valence-corrected chi connectivity index (χ2v) is 11.4. The van der Waals surface area contributed by atoms with E-state index in [0.717, 1.165) is 30.2 Å². The van der Waals surface area contributed by atoms with Crippen molar-refractivity contribution in [2.75, 3.05) is 7.05 Å². The number of carbonyl (C=O) groups is 1. The number of halogens is 1. The van der Waals surface area contributed by atoms with Gasteiger partial charge in [-0.1, -0.05) is 34.1 Å². The van der Waals surface area contributed by atoms with Crippen molar-refractivity contribution in [3.05, 3.63) is 63.4 Å². The number of ether oxygens (including phenoxy) is 1. The lowest BCUT2D eigenvalue weighted by atomic mass is 9.89. The van der Waals surface area contributed by atoms with Crippen LogP contribution >= 0.6 is 15.9 Å². The molecule has 1 amide bonds. The van der Waals surface area contributed by atoms with Gasteiger partial charge in [0.2, 0.25) is 0 Å². The molecule has 2 heterocycles. The lowest BCUT2D eigenvalue weighted by molar-refractivity contribution is 0.00279. The Kier molecular flexibility index (Phi) is 5.37. The van der Waals surface area contributed by atoms with Gasteiger partial charge in [-0.15, -0.1) is 0 Å². The van der Waals surface area contributed by atoms with Gasteiger partial charge in [-0.25, -0.2) is 4.79 Å². The molecule has 5 rings (SSSR count). The molecule has 2 aromatic rings. The molecule has 0 saturated heterocycles. The Morgan fingerprint density at radius 1 is 1.25 bits per heavy atom. The minimum atomic E-state index is -0.516. The first-order chi connectivity index (χ1) is 15.2. The normalized spacial score (nSPS) is 26.6. The van der Waals surface area contributed by atoms with Gasteiger partial charge in [-0.05, 0) is 88.7 Å². The molecule has 1 saturated carbocycles. The molecular weight excluding hydrogens is 466 g/mol. The average Bonchev–Trinajstić information content (AvgIpc) is 3.46. The van der Waals surface area contributed by atoms with Gasteiger partial charge in [-0.2, -0.15) is 0 Å². The fourth-order valence-corrected chi connectivity index (χ4v) is 6.27. The number of rotatable bonds is 2. The predicted octanol–water partition coefficient (Wildman–Crippen LogP) is 5.66. The maximum atomic E-state index is 13.4. The highest BCUT2D eigenvalue weighted by Gasteiger charge is 2.64. The van der Waals surface area contributed by atoms with Crippen molar-refractivity contribution in [1.82, 2.24) is 14.8 Å². The van der Waals surface area contributed by atoms with E-state index in [-0.39, 0.29) is 17.7 Å². The van der Waals surface area contributed by atoms with Crippen LogP contribution in [0.4, 0.5) is 4.79 Å². The number of amides is 1. The zero-order valence-electron chi connectivity index (χ0n) is 19.4. The van der Waals surface area contributed by atoms with Crippen molar-refractivity contribution in [3.63, 3.8) is 0 Å². The number of hydrogen-bond acceptors (Lipinski definition) is 4. The Morgan fingerprint density at radius 3 is 2.81 bits per heavy atom. The Morgan fingerprint density at radius 2 is 2.03 bits per heavy atom. The zero-order valence-corrected chi connectivity index (χ0v) is 21.0. The van der Waals surface area contributed by atoms with E-state index in [9.17, 15) is 4.79 Å². The maximum absolute atomic E-state index is 13.4. The van der Waals surface area contributed by atoms with Crippen molar-refractivity contribution < 1.29 is 9.53 Å². The third-order valence-electron chi connectivity index (χ3n) is 7.33. The molecule has 1 fully saturated rings. The maximum Gasteiger partial charge on any atom is 0.411 e. The summed E-state index contributed by atoms with van der Waals surface area (Å²) in [6, 6.07) is 11.1. The van der Waals surface area contributed by atoms with Gasteiger partial charge in [0, 0.05) is 23.3 Å². The van der Waals surface area contributed by atoms with E-state index in [0.29, 0.717) is 12.6 Å². The van der Waals surface area contributed by atoms with Crippen LogP contribution in [0.1, 0.15) is 68.5 Å². The van der Waals surface area contributed by atoms with Crippen LogP contribution < -0.4 is 0 Å². The van der Waals surface area contributed by atoms with E-state index in [1.165, 1.54) is 28.8 Å². The van der Waals surface area contributed by atoms with Gasteiger partial charge in [0.25, 0.3) is 0 Å². The minimum absolute atomic E-state index is 0.207. The summed E-state index contributed by atoms with van der Waals surface area (Å²) in [5.74, 6) is 0. The van der Waals surface area contributed by atoms with Gasteiger partial charge in [0.1, 0.15) is 5.60 Å². The van der Waals surface area contributed by atoms with Crippen LogP contribution in [-0.4, -0.2) is 45.1 Å². The molecule has 1 aromatic carbocycles. The van der Waals surface area contributed by atoms with Crippen molar-refractivity contribution in [2.24, 2.45) is 0 Å². The summed E-state index contributed by atoms with van der Waals surface area (Å²) in [4.78, 5) is 22.6. The van der Waals surface area contributed by atoms with Crippen LogP contribution in [0.3, 0.4) is 0 Å². The quantitative estimate of drug-likeness (QED) is 0.536. The highest BCUT2D eigenvalue weighted by Crippen LogP contribution is 2.54. The molecule has 0 N–H and O–H groups in total. The van der Waals surface area contributed by atoms with E-state index in [4.69, 9.17) is 9.72 Å². The highest BCUT2D eigenvalue weighted by atomic mass is 79.9. The van der Waals surface area contributed by atoms with Crippen molar-refractivity contribution >= 4 is 22.0 Å². The molecule has 2 aliphatic carbocycles. The number of hydrogen-bond donors (Lipinski definition) is 0.